The van der Waals surface area contributed by atoms with Crippen LogP contribution < -0.4 is 11.1 Å². The highest BCUT2D eigenvalue weighted by Crippen LogP contribution is 2.29. The van der Waals surface area contributed by atoms with E-state index < -0.39 is 0 Å². The van der Waals surface area contributed by atoms with E-state index in [2.05, 4.69) is 12.2 Å². The first-order valence-electron chi connectivity index (χ1n) is 6.78. The molecule has 1 saturated carbocycles. The highest BCUT2D eigenvalue weighted by Gasteiger charge is 2.29. The molecule has 0 aliphatic heterocycles. The van der Waals surface area contributed by atoms with Crippen LogP contribution in [0.5, 0.6) is 0 Å². The lowest BCUT2D eigenvalue weighted by atomic mass is 9.89. The third-order valence-electron chi connectivity index (χ3n) is 3.94. The molecule has 0 aromatic carbocycles. The Kier molecular flexibility index (Phi) is 6.32. The van der Waals surface area contributed by atoms with Crippen LogP contribution in [0.3, 0.4) is 0 Å². The van der Waals surface area contributed by atoms with Crippen LogP contribution in [-0.4, -0.2) is 30.3 Å². The van der Waals surface area contributed by atoms with Gasteiger partial charge in [-0.2, -0.15) is 0 Å². The number of nitrogens with two attached hydrogens (primary N) is 1. The number of aliphatic hydroxyl groups excluding tert-OH is 1. The highest BCUT2D eigenvalue weighted by atomic mass is 16.2. The molecule has 0 amide bonds. The summed E-state index contributed by atoms with van der Waals surface area (Å²) in [4.78, 5) is 0. The Balaban J connectivity index is 2.36. The lowest BCUT2D eigenvalue weighted by Gasteiger charge is -2.33. The zero-order valence-corrected chi connectivity index (χ0v) is 10.7. The normalized spacial score (nSPS) is 31.3. The smallest absolute Gasteiger partial charge is 0.0431 e. The molecule has 0 bridgehead atoms. The summed E-state index contributed by atoms with van der Waals surface area (Å²) in [5, 5.41) is 12.4. The largest absolute Gasteiger partial charge is 0.396 e. The topological polar surface area (TPSA) is 58.3 Å². The Morgan fingerprint density at radius 3 is 2.81 bits per heavy atom. The van der Waals surface area contributed by atoms with E-state index in [0.717, 1.165) is 31.8 Å². The summed E-state index contributed by atoms with van der Waals surface area (Å²) in [5.74, 6) is 0.854. The van der Waals surface area contributed by atoms with Gasteiger partial charge in [0.1, 0.15) is 0 Å². The van der Waals surface area contributed by atoms with Gasteiger partial charge in [0, 0.05) is 18.7 Å². The van der Waals surface area contributed by atoms with Crippen LogP contribution in [-0.2, 0) is 0 Å². The van der Waals surface area contributed by atoms with Gasteiger partial charge in [-0.1, -0.05) is 19.8 Å². The Morgan fingerprint density at radius 2 is 2.12 bits per heavy atom. The van der Waals surface area contributed by atoms with Crippen molar-refractivity contribution in [2.45, 2.75) is 57.4 Å². The van der Waals surface area contributed by atoms with Gasteiger partial charge in [0.25, 0.3) is 0 Å². The van der Waals surface area contributed by atoms with Crippen molar-refractivity contribution < 1.29 is 5.11 Å². The first kappa shape index (κ1) is 13.9. The van der Waals surface area contributed by atoms with E-state index in [9.17, 15) is 0 Å². The van der Waals surface area contributed by atoms with Gasteiger partial charge < -0.3 is 16.2 Å². The summed E-state index contributed by atoms with van der Waals surface area (Å²) in [6.07, 6.45) is 8.31. The van der Waals surface area contributed by atoms with Gasteiger partial charge in [0.2, 0.25) is 0 Å². The molecule has 4 N–H and O–H groups in total. The highest BCUT2D eigenvalue weighted by molar-refractivity contribution is 4.91. The lowest BCUT2D eigenvalue weighted by molar-refractivity contribution is 0.263. The van der Waals surface area contributed by atoms with Crippen molar-refractivity contribution in [1.29, 1.82) is 0 Å². The zero-order valence-electron chi connectivity index (χ0n) is 10.7. The number of hydrogen-bond donors (Lipinski definition) is 3. The van der Waals surface area contributed by atoms with Crippen LogP contribution >= 0.6 is 0 Å². The van der Waals surface area contributed by atoms with Gasteiger partial charge in [-0.25, -0.2) is 0 Å². The van der Waals surface area contributed by atoms with Crippen LogP contribution in [0.25, 0.3) is 0 Å². The van der Waals surface area contributed by atoms with Crippen molar-refractivity contribution >= 4 is 0 Å². The van der Waals surface area contributed by atoms with Crippen LogP contribution in [0.15, 0.2) is 0 Å². The monoisotopic (exact) mass is 228 g/mol. The fourth-order valence-electron chi connectivity index (χ4n) is 2.62. The molecule has 0 radical (unpaired) electrons. The maximum absolute atomic E-state index is 8.75. The van der Waals surface area contributed by atoms with Crippen molar-refractivity contribution in [3.63, 3.8) is 0 Å². The van der Waals surface area contributed by atoms with E-state index in [-0.39, 0.29) is 5.54 Å². The SMILES string of the molecule is CC1CCCC(CN)(NCCCCO)CC1. The fraction of sp³-hybridized carbons (Fsp3) is 1.00. The molecule has 0 heterocycles. The molecule has 1 aliphatic rings. The third kappa shape index (κ3) is 4.40. The van der Waals surface area contributed by atoms with E-state index in [4.69, 9.17) is 10.8 Å². The molecule has 2 unspecified atom stereocenters. The molecule has 1 rings (SSSR count). The summed E-state index contributed by atoms with van der Waals surface area (Å²) in [7, 11) is 0. The second-order valence-corrected chi connectivity index (χ2v) is 5.38. The van der Waals surface area contributed by atoms with Crippen molar-refractivity contribution in [2.24, 2.45) is 11.7 Å². The molecule has 0 aromatic heterocycles. The van der Waals surface area contributed by atoms with Gasteiger partial charge in [0.15, 0.2) is 0 Å². The van der Waals surface area contributed by atoms with Crippen molar-refractivity contribution in [1.82, 2.24) is 5.32 Å². The van der Waals surface area contributed by atoms with Crippen LogP contribution in [0.1, 0.15) is 51.9 Å². The lowest BCUT2D eigenvalue weighted by Crippen LogP contribution is -2.51. The average molecular weight is 228 g/mol. The minimum absolute atomic E-state index is 0.181. The molecule has 0 aromatic rings. The number of nitrogens with one attached hydrogen (secondary N) is 1. The van der Waals surface area contributed by atoms with Gasteiger partial charge in [0.05, 0.1) is 0 Å². The summed E-state index contributed by atoms with van der Waals surface area (Å²) < 4.78 is 0. The molecule has 3 heteroatoms. The molecule has 3 nitrogen and oxygen atoms in total. The van der Waals surface area contributed by atoms with E-state index in [1.807, 2.05) is 0 Å². The quantitative estimate of drug-likeness (QED) is 0.478. The second kappa shape index (κ2) is 7.25. The second-order valence-electron chi connectivity index (χ2n) is 5.38. The van der Waals surface area contributed by atoms with Crippen molar-refractivity contribution in [2.75, 3.05) is 19.7 Å². The predicted octanol–water partition coefficient (Wildman–Crippen LogP) is 1.65. The molecule has 0 spiro atoms. The van der Waals surface area contributed by atoms with Gasteiger partial charge in [-0.15, -0.1) is 0 Å². The first-order valence-corrected chi connectivity index (χ1v) is 6.78. The minimum Gasteiger partial charge on any atom is -0.396 e. The molecule has 96 valence electrons. The number of rotatable bonds is 6. The Hall–Kier alpha value is -0.120. The Labute approximate surface area is 99.8 Å². The van der Waals surface area contributed by atoms with Crippen LogP contribution in [0.2, 0.25) is 0 Å². The molecular formula is C13H28N2O. The molecule has 1 aliphatic carbocycles. The summed E-state index contributed by atoms with van der Waals surface area (Å²) in [6, 6.07) is 0. The maximum atomic E-state index is 8.75. The molecule has 1 fully saturated rings. The Morgan fingerprint density at radius 1 is 1.31 bits per heavy atom. The molecule has 0 saturated heterocycles. The third-order valence-corrected chi connectivity index (χ3v) is 3.94. The standard InChI is InChI=1S/C13H28N2O/c1-12-5-4-7-13(11-14,8-6-12)15-9-2-3-10-16/h12,15-16H,2-11,14H2,1H3. The van der Waals surface area contributed by atoms with Gasteiger partial charge in [-0.05, 0) is 44.6 Å². The zero-order chi connectivity index (χ0) is 11.9. The predicted molar refractivity (Wildman–Crippen MR) is 68.4 cm³/mol. The van der Waals surface area contributed by atoms with Gasteiger partial charge in [-0.3, -0.25) is 0 Å². The van der Waals surface area contributed by atoms with Gasteiger partial charge >= 0.3 is 0 Å². The Bertz CT molecular complexity index is 187. The minimum atomic E-state index is 0.181. The molecule has 16 heavy (non-hydrogen) atoms. The summed E-state index contributed by atoms with van der Waals surface area (Å²) in [6.45, 7) is 4.39. The number of aliphatic hydroxyl groups is 1. The maximum Gasteiger partial charge on any atom is 0.0431 e. The van der Waals surface area contributed by atoms with E-state index in [0.29, 0.717) is 6.61 Å². The number of hydrogen-bond acceptors (Lipinski definition) is 3. The summed E-state index contributed by atoms with van der Waals surface area (Å²) >= 11 is 0. The summed E-state index contributed by atoms with van der Waals surface area (Å²) in [5.41, 5.74) is 6.14. The van der Waals surface area contributed by atoms with E-state index in [1.54, 1.807) is 0 Å². The van der Waals surface area contributed by atoms with Crippen LogP contribution in [0, 0.1) is 5.92 Å². The average Bonchev–Trinajstić information content (AvgIpc) is 2.48. The van der Waals surface area contributed by atoms with E-state index >= 15 is 0 Å². The van der Waals surface area contributed by atoms with Crippen molar-refractivity contribution in [3.05, 3.63) is 0 Å². The van der Waals surface area contributed by atoms with Crippen LogP contribution in [0.4, 0.5) is 0 Å². The molecule has 2 atom stereocenters. The fourth-order valence-corrected chi connectivity index (χ4v) is 2.62. The van der Waals surface area contributed by atoms with Crippen molar-refractivity contribution in [3.8, 4) is 0 Å². The first-order chi connectivity index (χ1) is 7.72. The molecular weight excluding hydrogens is 200 g/mol. The van der Waals surface area contributed by atoms with E-state index in [1.165, 1.54) is 32.1 Å². The number of unbranched alkanes of at least 4 members (excludes halogenated alkanes) is 1.